The van der Waals surface area contributed by atoms with Crippen molar-refractivity contribution < 1.29 is 18.7 Å². The van der Waals surface area contributed by atoms with Crippen LogP contribution < -0.4 is 9.64 Å². The van der Waals surface area contributed by atoms with Crippen molar-refractivity contribution in [3.05, 3.63) is 59.9 Å². The van der Waals surface area contributed by atoms with Crippen LogP contribution in [0.4, 0.5) is 10.1 Å². The molecule has 0 spiro atoms. The summed E-state index contributed by atoms with van der Waals surface area (Å²) in [7, 11) is 1.60. The molecular weight excluding hydrogens is 383 g/mol. The van der Waals surface area contributed by atoms with Crippen LogP contribution >= 0.6 is 0 Å². The van der Waals surface area contributed by atoms with E-state index < -0.39 is 0 Å². The number of hydrogen-bond donors (Lipinski definition) is 0. The average molecular weight is 410 g/mol. The highest BCUT2D eigenvalue weighted by Crippen LogP contribution is 2.31. The van der Waals surface area contributed by atoms with Gasteiger partial charge in [-0.3, -0.25) is 9.59 Å². The Kier molecular flexibility index (Phi) is 6.02. The van der Waals surface area contributed by atoms with Crippen molar-refractivity contribution in [1.82, 2.24) is 4.90 Å². The number of hydrogen-bond acceptors (Lipinski definition) is 3. The molecule has 0 radical (unpaired) electrons. The monoisotopic (exact) mass is 410 g/mol. The van der Waals surface area contributed by atoms with E-state index >= 15 is 0 Å². The fourth-order valence-corrected chi connectivity index (χ4v) is 4.49. The summed E-state index contributed by atoms with van der Waals surface area (Å²) in [6.07, 6.45) is 3.21. The second-order valence-electron chi connectivity index (χ2n) is 8.13. The minimum Gasteiger partial charge on any atom is -0.497 e. The molecule has 2 aromatic carbocycles. The van der Waals surface area contributed by atoms with E-state index in [9.17, 15) is 14.0 Å². The zero-order valence-electron chi connectivity index (χ0n) is 17.2. The Morgan fingerprint density at radius 2 is 1.77 bits per heavy atom. The molecule has 30 heavy (non-hydrogen) atoms. The van der Waals surface area contributed by atoms with E-state index in [4.69, 9.17) is 4.74 Å². The van der Waals surface area contributed by atoms with Gasteiger partial charge in [-0.15, -0.1) is 0 Å². The first-order chi connectivity index (χ1) is 14.5. The van der Waals surface area contributed by atoms with E-state index in [1.54, 1.807) is 12.0 Å². The number of likely N-dealkylation sites (tertiary alicyclic amines) is 1. The number of methoxy groups -OCH3 is 1. The lowest BCUT2D eigenvalue weighted by atomic mass is 9.94. The molecule has 2 aromatic rings. The van der Waals surface area contributed by atoms with Gasteiger partial charge in [-0.05, 0) is 54.8 Å². The molecule has 0 aromatic heterocycles. The summed E-state index contributed by atoms with van der Waals surface area (Å²) < 4.78 is 18.5. The van der Waals surface area contributed by atoms with Gasteiger partial charge in [0.15, 0.2) is 0 Å². The van der Waals surface area contributed by atoms with Crippen LogP contribution in [-0.2, 0) is 9.59 Å². The van der Waals surface area contributed by atoms with E-state index in [-0.39, 0.29) is 35.9 Å². The van der Waals surface area contributed by atoms with Gasteiger partial charge < -0.3 is 14.5 Å². The minimum atomic E-state index is -0.327. The number of benzene rings is 2. The van der Waals surface area contributed by atoms with Crippen molar-refractivity contribution in [3.8, 4) is 5.75 Å². The van der Waals surface area contributed by atoms with Gasteiger partial charge in [-0.25, -0.2) is 4.39 Å². The van der Waals surface area contributed by atoms with Crippen molar-refractivity contribution in [1.29, 1.82) is 0 Å². The summed E-state index contributed by atoms with van der Waals surface area (Å²) in [5.74, 6) is 0.382. The fourth-order valence-electron chi connectivity index (χ4n) is 4.49. The van der Waals surface area contributed by atoms with Crippen LogP contribution in [-0.4, -0.2) is 43.5 Å². The highest BCUT2D eigenvalue weighted by Gasteiger charge is 2.38. The fraction of sp³-hybridized carbons (Fsp3) is 0.417. The molecule has 2 saturated heterocycles. The van der Waals surface area contributed by atoms with Gasteiger partial charge in [0, 0.05) is 37.7 Å². The van der Waals surface area contributed by atoms with E-state index in [1.807, 2.05) is 41.3 Å². The smallest absolute Gasteiger partial charge is 0.228 e. The number of anilines is 1. The first kappa shape index (κ1) is 20.4. The second-order valence-corrected chi connectivity index (χ2v) is 8.13. The van der Waals surface area contributed by atoms with Crippen molar-refractivity contribution in [2.75, 3.05) is 31.6 Å². The molecule has 6 heteroatoms. The van der Waals surface area contributed by atoms with Crippen LogP contribution in [0.1, 0.15) is 37.2 Å². The molecule has 2 fully saturated rings. The third-order valence-corrected chi connectivity index (χ3v) is 6.18. The van der Waals surface area contributed by atoms with E-state index in [0.29, 0.717) is 19.6 Å². The first-order valence-corrected chi connectivity index (χ1v) is 10.5. The highest BCUT2D eigenvalue weighted by molar-refractivity contribution is 6.00. The van der Waals surface area contributed by atoms with Gasteiger partial charge in [-0.1, -0.05) is 18.6 Å². The Bertz CT molecular complexity index is 898. The predicted octanol–water partition coefficient (Wildman–Crippen LogP) is 3.98. The molecule has 2 heterocycles. The van der Waals surface area contributed by atoms with Gasteiger partial charge in [-0.2, -0.15) is 0 Å². The van der Waals surface area contributed by atoms with Crippen molar-refractivity contribution in [2.24, 2.45) is 5.92 Å². The Balaban J connectivity index is 1.45. The van der Waals surface area contributed by atoms with Gasteiger partial charge in [0.25, 0.3) is 0 Å². The minimum absolute atomic E-state index is 0.0246. The van der Waals surface area contributed by atoms with E-state index in [1.165, 1.54) is 12.1 Å². The molecule has 2 aliphatic rings. The van der Waals surface area contributed by atoms with Crippen LogP contribution in [0.25, 0.3) is 0 Å². The van der Waals surface area contributed by atoms with Gasteiger partial charge >= 0.3 is 0 Å². The molecule has 158 valence electrons. The number of nitrogens with zero attached hydrogens (tertiary/aromatic N) is 2. The third-order valence-electron chi connectivity index (χ3n) is 6.18. The molecule has 0 aliphatic carbocycles. The largest absolute Gasteiger partial charge is 0.497 e. The van der Waals surface area contributed by atoms with Crippen molar-refractivity contribution in [2.45, 2.75) is 31.6 Å². The van der Waals surface area contributed by atoms with Gasteiger partial charge in [0.2, 0.25) is 11.8 Å². The summed E-state index contributed by atoms with van der Waals surface area (Å²) in [6.45, 7) is 1.74. The molecule has 2 unspecified atom stereocenters. The normalized spacial score (nSPS) is 22.1. The zero-order chi connectivity index (χ0) is 21.1. The number of ether oxygens (including phenoxy) is 1. The Morgan fingerprint density at radius 3 is 2.47 bits per heavy atom. The SMILES string of the molecule is COc1ccc(N2CC(C(=O)N3CCCCC(c4ccc(F)cc4)C3)CC2=O)cc1. The molecule has 4 rings (SSSR count). The number of carbonyl (C=O) groups excluding carboxylic acids is 2. The van der Waals surface area contributed by atoms with Crippen molar-refractivity contribution in [3.63, 3.8) is 0 Å². The summed E-state index contributed by atoms with van der Waals surface area (Å²) in [5, 5.41) is 0. The number of halogens is 1. The Morgan fingerprint density at radius 1 is 1.03 bits per heavy atom. The van der Waals surface area contributed by atoms with Gasteiger partial charge in [0.05, 0.1) is 13.0 Å². The second kappa shape index (κ2) is 8.86. The molecule has 2 amide bonds. The molecule has 0 N–H and O–H groups in total. The maximum Gasteiger partial charge on any atom is 0.228 e. The summed E-state index contributed by atoms with van der Waals surface area (Å²) in [6, 6.07) is 13.9. The van der Waals surface area contributed by atoms with Crippen LogP contribution in [0.15, 0.2) is 48.5 Å². The molecule has 2 aliphatic heterocycles. The number of carbonyl (C=O) groups is 2. The number of rotatable bonds is 4. The van der Waals surface area contributed by atoms with Crippen LogP contribution in [0.3, 0.4) is 0 Å². The molecule has 2 atom stereocenters. The van der Waals surface area contributed by atoms with E-state index in [2.05, 4.69) is 0 Å². The lowest BCUT2D eigenvalue weighted by Crippen LogP contribution is -2.39. The molecule has 0 bridgehead atoms. The first-order valence-electron chi connectivity index (χ1n) is 10.5. The zero-order valence-corrected chi connectivity index (χ0v) is 17.2. The molecule has 5 nitrogen and oxygen atoms in total. The molecular formula is C24H27FN2O3. The highest BCUT2D eigenvalue weighted by atomic mass is 19.1. The predicted molar refractivity (Wildman–Crippen MR) is 113 cm³/mol. The lowest BCUT2D eigenvalue weighted by molar-refractivity contribution is -0.135. The summed E-state index contributed by atoms with van der Waals surface area (Å²) in [4.78, 5) is 29.5. The number of amides is 2. The summed E-state index contributed by atoms with van der Waals surface area (Å²) in [5.41, 5.74) is 1.86. The lowest BCUT2D eigenvalue weighted by Gasteiger charge is -2.27. The van der Waals surface area contributed by atoms with Crippen LogP contribution in [0.5, 0.6) is 5.75 Å². The Labute approximate surface area is 176 Å². The quantitative estimate of drug-likeness (QED) is 0.766. The van der Waals surface area contributed by atoms with Gasteiger partial charge in [0.1, 0.15) is 11.6 Å². The third kappa shape index (κ3) is 4.32. The van der Waals surface area contributed by atoms with E-state index in [0.717, 1.165) is 36.3 Å². The van der Waals surface area contributed by atoms with Crippen LogP contribution in [0, 0.1) is 11.7 Å². The maximum atomic E-state index is 13.3. The molecule has 0 saturated carbocycles. The standard InChI is InChI=1S/C24H27FN2O3/c1-30-22-11-9-21(10-12-22)27-16-19(14-23(27)28)24(29)26-13-3-2-4-18(15-26)17-5-7-20(25)8-6-17/h5-12,18-19H,2-4,13-16H2,1H3. The van der Waals surface area contributed by atoms with Crippen LogP contribution in [0.2, 0.25) is 0 Å². The average Bonchev–Trinajstić information content (AvgIpc) is 2.99. The maximum absolute atomic E-state index is 13.3. The Hall–Kier alpha value is -2.89. The topological polar surface area (TPSA) is 49.9 Å². The summed E-state index contributed by atoms with van der Waals surface area (Å²) >= 11 is 0. The van der Waals surface area contributed by atoms with Crippen molar-refractivity contribution >= 4 is 17.5 Å².